The summed E-state index contributed by atoms with van der Waals surface area (Å²) in [4.78, 5) is 12.1. The van der Waals surface area contributed by atoms with Crippen molar-refractivity contribution in [3.8, 4) is 11.9 Å². The van der Waals surface area contributed by atoms with Crippen LogP contribution < -0.4 is 4.74 Å². The number of imidazole rings is 1. The fourth-order valence-electron chi connectivity index (χ4n) is 5.32. The van der Waals surface area contributed by atoms with E-state index in [4.69, 9.17) is 31.0 Å². The van der Waals surface area contributed by atoms with Crippen LogP contribution in [-0.4, -0.2) is 45.2 Å². The van der Waals surface area contributed by atoms with Gasteiger partial charge in [0.05, 0.1) is 41.9 Å². The first-order valence-electron chi connectivity index (χ1n) is 13.3. The van der Waals surface area contributed by atoms with E-state index in [9.17, 15) is 9.65 Å². The zero-order valence-corrected chi connectivity index (χ0v) is 22.3. The third kappa shape index (κ3) is 5.76. The quantitative estimate of drug-likeness (QED) is 0.277. The SMILES string of the molecule is N#Cc1ccc2c(c1)nc(CN1CCC(c3cccc(OCc4ccc(Cl)cc4F)n3)CC1)n2CC1CCO1. The number of ether oxygens (including phenoxy) is 2. The van der Waals surface area contributed by atoms with Crippen LogP contribution in [-0.2, 0) is 24.4 Å². The molecule has 6 rings (SSSR count). The van der Waals surface area contributed by atoms with Gasteiger partial charge in [-0.3, -0.25) is 4.90 Å². The van der Waals surface area contributed by atoms with Gasteiger partial charge in [-0.1, -0.05) is 23.7 Å². The van der Waals surface area contributed by atoms with Crippen LogP contribution in [0, 0.1) is 17.1 Å². The molecule has 2 aliphatic rings. The number of hydrogen-bond acceptors (Lipinski definition) is 6. The van der Waals surface area contributed by atoms with Gasteiger partial charge in [0, 0.05) is 34.9 Å². The number of benzene rings is 2. The maximum atomic E-state index is 14.1. The van der Waals surface area contributed by atoms with Gasteiger partial charge in [-0.25, -0.2) is 14.4 Å². The topological polar surface area (TPSA) is 76.2 Å². The summed E-state index contributed by atoms with van der Waals surface area (Å²) >= 11 is 5.85. The van der Waals surface area contributed by atoms with E-state index in [-0.39, 0.29) is 18.5 Å². The summed E-state index contributed by atoms with van der Waals surface area (Å²) in [6.45, 7) is 4.31. The van der Waals surface area contributed by atoms with Crippen LogP contribution in [0.2, 0.25) is 5.02 Å². The number of nitriles is 1. The highest BCUT2D eigenvalue weighted by Gasteiger charge is 2.26. The van der Waals surface area contributed by atoms with E-state index in [1.165, 1.54) is 6.07 Å². The van der Waals surface area contributed by atoms with Crippen LogP contribution >= 0.6 is 11.6 Å². The van der Waals surface area contributed by atoms with Gasteiger partial charge in [0.15, 0.2) is 0 Å². The molecular weight excluding hydrogens is 517 g/mol. The second-order valence-corrected chi connectivity index (χ2v) is 10.6. The number of fused-ring (bicyclic) bond motifs is 1. The van der Waals surface area contributed by atoms with Crippen molar-refractivity contribution < 1.29 is 13.9 Å². The van der Waals surface area contributed by atoms with E-state index in [0.29, 0.717) is 27.9 Å². The summed E-state index contributed by atoms with van der Waals surface area (Å²) < 4.78 is 27.9. The second-order valence-electron chi connectivity index (χ2n) is 10.2. The third-order valence-corrected chi connectivity index (χ3v) is 7.88. The van der Waals surface area contributed by atoms with Gasteiger partial charge in [-0.2, -0.15) is 5.26 Å². The lowest BCUT2D eigenvalue weighted by molar-refractivity contribution is -0.0592. The Morgan fingerprint density at radius 2 is 1.92 bits per heavy atom. The normalized spacial score (nSPS) is 18.1. The lowest BCUT2D eigenvalue weighted by atomic mass is 9.93. The smallest absolute Gasteiger partial charge is 0.213 e. The maximum Gasteiger partial charge on any atom is 0.213 e. The first-order chi connectivity index (χ1) is 19.1. The molecule has 2 aromatic heterocycles. The Morgan fingerprint density at radius 3 is 2.67 bits per heavy atom. The number of piperidine rings is 1. The van der Waals surface area contributed by atoms with Crippen molar-refractivity contribution in [3.63, 3.8) is 0 Å². The Hall–Kier alpha value is -3.51. The van der Waals surface area contributed by atoms with Crippen molar-refractivity contribution in [1.29, 1.82) is 5.26 Å². The number of aromatic nitrogens is 3. The molecule has 0 aliphatic carbocycles. The highest BCUT2D eigenvalue weighted by Crippen LogP contribution is 2.30. The zero-order valence-electron chi connectivity index (χ0n) is 21.5. The lowest BCUT2D eigenvalue weighted by Crippen LogP contribution is -2.35. The number of pyridine rings is 1. The standard InChI is InChI=1S/C30H29ClFN5O2/c31-23-6-5-22(25(32)15-23)19-39-30-3-1-2-26(35-30)21-8-11-36(12-9-21)18-29-34-27-14-20(16-33)4-7-28(27)37(29)17-24-10-13-38-24/h1-7,14-15,21,24H,8-13,17-19H2. The summed E-state index contributed by atoms with van der Waals surface area (Å²) in [6.07, 6.45) is 3.24. The molecule has 2 aliphatic heterocycles. The molecule has 9 heteroatoms. The average Bonchev–Trinajstić information content (AvgIpc) is 3.26. The molecule has 0 radical (unpaired) electrons. The van der Waals surface area contributed by atoms with Crippen LogP contribution in [0.5, 0.6) is 5.88 Å². The molecule has 2 aromatic carbocycles. The Morgan fingerprint density at radius 1 is 1.08 bits per heavy atom. The fraction of sp³-hybridized carbons (Fsp3) is 0.367. The molecule has 4 aromatic rings. The van der Waals surface area contributed by atoms with Gasteiger partial charge in [-0.15, -0.1) is 0 Å². The van der Waals surface area contributed by atoms with Crippen LogP contribution in [0.15, 0.2) is 54.6 Å². The molecule has 0 N–H and O–H groups in total. The summed E-state index contributed by atoms with van der Waals surface area (Å²) in [5.74, 6) is 1.45. The van der Waals surface area contributed by atoms with Crippen molar-refractivity contribution in [2.24, 2.45) is 0 Å². The van der Waals surface area contributed by atoms with Crippen molar-refractivity contribution in [3.05, 3.63) is 88.1 Å². The predicted octanol–water partition coefficient (Wildman–Crippen LogP) is 5.84. The summed E-state index contributed by atoms with van der Waals surface area (Å²) in [5, 5.41) is 9.68. The van der Waals surface area contributed by atoms with Gasteiger partial charge in [0.2, 0.25) is 5.88 Å². The first-order valence-corrected chi connectivity index (χ1v) is 13.7. The van der Waals surface area contributed by atoms with Crippen LogP contribution in [0.3, 0.4) is 0 Å². The van der Waals surface area contributed by atoms with E-state index in [1.807, 2.05) is 30.3 Å². The molecule has 2 fully saturated rings. The third-order valence-electron chi connectivity index (χ3n) is 7.64. The lowest BCUT2D eigenvalue weighted by Gasteiger charge is -2.32. The molecule has 1 unspecified atom stereocenters. The van der Waals surface area contributed by atoms with Gasteiger partial charge in [0.25, 0.3) is 0 Å². The van der Waals surface area contributed by atoms with Gasteiger partial charge in [-0.05, 0) is 68.8 Å². The van der Waals surface area contributed by atoms with Crippen LogP contribution in [0.25, 0.3) is 11.0 Å². The molecule has 0 spiro atoms. The highest BCUT2D eigenvalue weighted by atomic mass is 35.5. The molecule has 39 heavy (non-hydrogen) atoms. The van der Waals surface area contributed by atoms with E-state index < -0.39 is 0 Å². The molecule has 0 amide bonds. The number of hydrogen-bond donors (Lipinski definition) is 0. The summed E-state index contributed by atoms with van der Waals surface area (Å²) in [6, 6.07) is 18.3. The summed E-state index contributed by atoms with van der Waals surface area (Å²) in [7, 11) is 0. The minimum Gasteiger partial charge on any atom is -0.473 e. The molecule has 0 saturated carbocycles. The Labute approximate surface area is 231 Å². The molecule has 0 bridgehead atoms. The van der Waals surface area contributed by atoms with Crippen molar-refractivity contribution >= 4 is 22.6 Å². The second kappa shape index (κ2) is 11.3. The predicted molar refractivity (Wildman–Crippen MR) is 146 cm³/mol. The monoisotopic (exact) mass is 545 g/mol. The number of likely N-dealkylation sites (tertiary alicyclic amines) is 1. The maximum absolute atomic E-state index is 14.1. The Kier molecular flexibility index (Phi) is 7.47. The Bertz CT molecular complexity index is 1520. The van der Waals surface area contributed by atoms with E-state index in [2.05, 4.69) is 15.5 Å². The number of rotatable bonds is 8. The largest absolute Gasteiger partial charge is 0.473 e. The van der Waals surface area contributed by atoms with Crippen LogP contribution in [0.4, 0.5) is 4.39 Å². The number of nitrogens with zero attached hydrogens (tertiary/aromatic N) is 5. The van der Waals surface area contributed by atoms with E-state index in [0.717, 1.165) is 74.6 Å². The molecule has 2 saturated heterocycles. The molecular formula is C30H29ClFN5O2. The number of halogens is 2. The Balaban J connectivity index is 1.10. The van der Waals surface area contributed by atoms with E-state index >= 15 is 0 Å². The summed E-state index contributed by atoms with van der Waals surface area (Å²) in [5.41, 5.74) is 3.98. The van der Waals surface area contributed by atoms with Crippen molar-refractivity contribution in [2.75, 3.05) is 19.7 Å². The molecule has 7 nitrogen and oxygen atoms in total. The van der Waals surface area contributed by atoms with Gasteiger partial charge >= 0.3 is 0 Å². The first kappa shape index (κ1) is 25.8. The molecule has 1 atom stereocenters. The van der Waals surface area contributed by atoms with Crippen molar-refractivity contribution in [1.82, 2.24) is 19.4 Å². The highest BCUT2D eigenvalue weighted by molar-refractivity contribution is 6.30. The molecule has 200 valence electrons. The molecule has 4 heterocycles. The fourth-order valence-corrected chi connectivity index (χ4v) is 5.48. The minimum absolute atomic E-state index is 0.0979. The zero-order chi connectivity index (χ0) is 26.8. The van der Waals surface area contributed by atoms with Crippen molar-refractivity contribution in [2.45, 2.75) is 51.0 Å². The van der Waals surface area contributed by atoms with Gasteiger partial charge < -0.3 is 14.0 Å². The minimum atomic E-state index is -0.384. The van der Waals surface area contributed by atoms with Gasteiger partial charge in [0.1, 0.15) is 18.2 Å². The average molecular weight is 546 g/mol. The van der Waals surface area contributed by atoms with E-state index in [1.54, 1.807) is 18.2 Å². The van der Waals surface area contributed by atoms with Crippen LogP contribution in [0.1, 0.15) is 47.8 Å².